The van der Waals surface area contributed by atoms with E-state index in [2.05, 4.69) is 57.4 Å². The van der Waals surface area contributed by atoms with E-state index in [0.29, 0.717) is 48.0 Å². The number of hydrogen-bond acceptors (Lipinski definition) is 9. The van der Waals surface area contributed by atoms with Crippen molar-refractivity contribution in [3.8, 4) is 11.4 Å². The van der Waals surface area contributed by atoms with Crippen LogP contribution in [0.4, 0.5) is 8.78 Å². The average molecular weight is 1020 g/mol. The highest BCUT2D eigenvalue weighted by Gasteiger charge is 2.53. The lowest BCUT2D eigenvalue weighted by Crippen LogP contribution is -2.45. The molecule has 0 radical (unpaired) electrons. The lowest BCUT2D eigenvalue weighted by Gasteiger charge is -2.43. The van der Waals surface area contributed by atoms with Crippen molar-refractivity contribution in [1.29, 1.82) is 0 Å². The number of fused-ring (bicyclic) bond motifs is 4. The Bertz CT molecular complexity index is 3580. The Morgan fingerprint density at radius 2 is 1.07 bits per heavy atom. The number of halogens is 2. The number of thioether (sulfide) groups is 1. The zero-order valence-corrected chi connectivity index (χ0v) is 42.5. The fourth-order valence-electron chi connectivity index (χ4n) is 11.3. The molecule has 0 spiro atoms. The second-order valence-corrected chi connectivity index (χ2v) is 23.5. The molecule has 372 valence electrons. The summed E-state index contributed by atoms with van der Waals surface area (Å²) in [5.74, 6) is -0.694. The number of sulfone groups is 1. The maximum atomic E-state index is 14.2. The number of carbonyl (C=O) groups is 2. The summed E-state index contributed by atoms with van der Waals surface area (Å²) in [4.78, 5) is 38.6. The van der Waals surface area contributed by atoms with Crippen LogP contribution in [-0.2, 0) is 22.7 Å². The van der Waals surface area contributed by atoms with Gasteiger partial charge in [-0.2, -0.15) is 10.2 Å². The van der Waals surface area contributed by atoms with Crippen LogP contribution in [0.2, 0.25) is 0 Å². The Hall–Kier alpha value is -7.42. The van der Waals surface area contributed by atoms with Crippen LogP contribution in [0.3, 0.4) is 0 Å². The summed E-state index contributed by atoms with van der Waals surface area (Å²) in [5, 5.41) is 8.80. The second-order valence-electron chi connectivity index (χ2n) is 19.9. The molecule has 4 aliphatic carbocycles. The summed E-state index contributed by atoms with van der Waals surface area (Å²) in [6, 6.07) is 38.7. The Balaban J connectivity index is 0.000000159. The van der Waals surface area contributed by atoms with Gasteiger partial charge in [-0.05, 0) is 186 Å². The Labute approximate surface area is 433 Å². The van der Waals surface area contributed by atoms with Crippen LogP contribution >= 0.6 is 11.8 Å². The summed E-state index contributed by atoms with van der Waals surface area (Å²) in [5.41, 5.74) is 8.62. The molecule has 0 bridgehead atoms. The van der Waals surface area contributed by atoms with Gasteiger partial charge in [-0.1, -0.05) is 58.7 Å². The molecule has 74 heavy (non-hydrogen) atoms. The molecule has 0 aliphatic heterocycles. The van der Waals surface area contributed by atoms with E-state index in [0.717, 1.165) is 64.2 Å². The summed E-state index contributed by atoms with van der Waals surface area (Å²) in [6.07, 6.45) is 15.5. The van der Waals surface area contributed by atoms with Crippen molar-refractivity contribution in [2.24, 2.45) is 10.8 Å². The molecule has 10 nitrogen and oxygen atoms in total. The maximum absolute atomic E-state index is 14.2. The largest absolute Gasteiger partial charge is 0.291 e. The number of nitrogens with zero attached hydrogens (tertiary/aromatic N) is 6. The number of aryl methyl sites for hydroxylation is 2. The average Bonchev–Trinajstić information content (AvgIpc) is 4.04. The summed E-state index contributed by atoms with van der Waals surface area (Å²) in [6.45, 7) is 4.01. The molecular weight excluding hydrogens is 971 g/mol. The van der Waals surface area contributed by atoms with Gasteiger partial charge >= 0.3 is 0 Å². The number of hydrogen-bond donors (Lipinski definition) is 0. The number of ketones is 2. The van der Waals surface area contributed by atoms with Crippen LogP contribution in [0.25, 0.3) is 23.5 Å². The third kappa shape index (κ3) is 9.19. The Morgan fingerprint density at radius 1 is 0.595 bits per heavy atom. The minimum Gasteiger partial charge on any atom is -0.291 e. The molecule has 0 amide bonds. The van der Waals surface area contributed by atoms with Crippen molar-refractivity contribution in [3.63, 3.8) is 0 Å². The maximum Gasteiger partial charge on any atom is 0.191 e. The standard InChI is InChI=1S/C30H26FN3O3S.C30H26FN3OS/c1-20-5-12-25(13-6-20)38(36,37)26-14-7-22-16-28-21(19-33-34(28)24-10-8-23(31)9-11-24)17-30(22,18-26)29(35)27-4-2-3-15-32-27;1-20-5-12-25(13-6-20)36-26-14-7-22-16-28-21(19-33-34(28)24-10-8-23(31)9-11-24)17-30(22,18-26)29(35)27-4-2-3-15-32-27/h2-6,8-13,15-16,19,26H,7,14,17-18H2,1H3;2-6,8-13,15-16,19,26H,7,14,17-18H2,1H3/t2*26-,30-/m00/s1. The zero-order valence-electron chi connectivity index (χ0n) is 40.9. The quantitative estimate of drug-likeness (QED) is 0.123. The smallest absolute Gasteiger partial charge is 0.191 e. The number of carbonyl (C=O) groups excluding carboxylic acids is 2. The van der Waals surface area contributed by atoms with E-state index in [-0.39, 0.29) is 34.5 Å². The molecule has 14 heteroatoms. The first-order valence-electron chi connectivity index (χ1n) is 24.8. The predicted octanol–water partition coefficient (Wildman–Crippen LogP) is 12.4. The molecular formula is C60H52F2N6O4S2. The lowest BCUT2D eigenvalue weighted by molar-refractivity contribution is 0.0791. The van der Waals surface area contributed by atoms with Gasteiger partial charge in [0.15, 0.2) is 21.4 Å². The first-order chi connectivity index (χ1) is 35.8. The lowest BCUT2D eigenvalue weighted by atomic mass is 9.61. The molecule has 4 aliphatic rings. The van der Waals surface area contributed by atoms with E-state index >= 15 is 0 Å². The van der Waals surface area contributed by atoms with Crippen molar-refractivity contribution in [2.75, 3.05) is 0 Å². The van der Waals surface area contributed by atoms with Gasteiger partial charge in [0.2, 0.25) is 0 Å². The van der Waals surface area contributed by atoms with Crippen LogP contribution in [-0.4, -0.2) is 60.0 Å². The first kappa shape index (κ1) is 48.8. The summed E-state index contributed by atoms with van der Waals surface area (Å²) in [7, 11) is -3.66. The fourth-order valence-corrected chi connectivity index (χ4v) is 14.4. The van der Waals surface area contributed by atoms with Gasteiger partial charge in [-0.25, -0.2) is 26.6 Å². The van der Waals surface area contributed by atoms with Gasteiger partial charge < -0.3 is 0 Å². The Morgan fingerprint density at radius 3 is 1.55 bits per heavy atom. The first-order valence-corrected chi connectivity index (χ1v) is 27.3. The number of Topliss-reactive ketones (excluding diaryl/α,β-unsaturated/α-hetero) is 2. The molecule has 2 fully saturated rings. The van der Waals surface area contributed by atoms with E-state index in [9.17, 15) is 26.8 Å². The molecule has 2 saturated carbocycles. The van der Waals surface area contributed by atoms with Gasteiger partial charge in [-0.3, -0.25) is 19.6 Å². The molecule has 12 rings (SSSR count). The molecule has 0 saturated heterocycles. The summed E-state index contributed by atoms with van der Waals surface area (Å²) < 4.78 is 58.1. The molecule has 4 aromatic carbocycles. The SMILES string of the molecule is Cc1ccc(S(=O)(=O)[C@H]2CCC3=Cc4c(cnn4-c4ccc(F)cc4)C[C@]3(C(=O)c3ccccn3)C2)cc1.Cc1ccc(S[C@H]2CCC3=Cc4c(cnn4-c4ccc(F)cc4)C[C@]3(C(=O)c3ccccn3)C2)cc1. The van der Waals surface area contributed by atoms with Crippen LogP contribution in [0.5, 0.6) is 0 Å². The highest BCUT2D eigenvalue weighted by atomic mass is 32.2. The van der Waals surface area contributed by atoms with Gasteiger partial charge in [0.25, 0.3) is 0 Å². The highest BCUT2D eigenvalue weighted by molar-refractivity contribution is 8.00. The van der Waals surface area contributed by atoms with Crippen LogP contribution in [0.15, 0.2) is 179 Å². The van der Waals surface area contributed by atoms with Gasteiger partial charge in [0.05, 0.1) is 56.1 Å². The van der Waals surface area contributed by atoms with Gasteiger partial charge in [0, 0.05) is 22.5 Å². The van der Waals surface area contributed by atoms with E-state index in [1.165, 1.54) is 34.7 Å². The van der Waals surface area contributed by atoms with Crippen molar-refractivity contribution < 1.29 is 26.8 Å². The monoisotopic (exact) mass is 1020 g/mol. The number of benzene rings is 4. The molecule has 4 aromatic heterocycles. The van der Waals surface area contributed by atoms with Crippen LogP contribution in [0, 0.1) is 36.3 Å². The van der Waals surface area contributed by atoms with Crippen molar-refractivity contribution in [1.82, 2.24) is 29.5 Å². The number of rotatable bonds is 10. The second kappa shape index (κ2) is 19.8. The van der Waals surface area contributed by atoms with Crippen molar-refractivity contribution >= 4 is 45.3 Å². The van der Waals surface area contributed by atoms with Gasteiger partial charge in [-0.15, -0.1) is 11.8 Å². The van der Waals surface area contributed by atoms with Crippen LogP contribution < -0.4 is 0 Å². The zero-order chi connectivity index (χ0) is 51.2. The molecule has 0 unspecified atom stereocenters. The minimum atomic E-state index is -3.66. The van der Waals surface area contributed by atoms with Crippen LogP contribution in [0.1, 0.15) is 93.1 Å². The third-order valence-corrected chi connectivity index (χ3v) is 18.6. The molecule has 8 aromatic rings. The molecule has 4 heterocycles. The van der Waals surface area contributed by atoms with Crippen molar-refractivity contribution in [3.05, 3.63) is 226 Å². The highest BCUT2D eigenvalue weighted by Crippen LogP contribution is 2.54. The predicted molar refractivity (Wildman–Crippen MR) is 283 cm³/mol. The van der Waals surface area contributed by atoms with E-state index in [4.69, 9.17) is 0 Å². The molecule has 0 N–H and O–H groups in total. The topological polar surface area (TPSA) is 130 Å². The minimum absolute atomic E-state index is 0.0868. The third-order valence-electron chi connectivity index (χ3n) is 15.2. The number of allylic oxidation sites excluding steroid dienone is 2. The summed E-state index contributed by atoms with van der Waals surface area (Å²) >= 11 is 1.87. The number of pyridine rings is 2. The molecule has 4 atom stereocenters. The van der Waals surface area contributed by atoms with E-state index in [1.807, 2.05) is 53.8 Å². The number of aromatic nitrogens is 6. The normalized spacial score (nSPS) is 20.8. The fraction of sp³-hybridized carbons (Fsp3) is 0.233. The van der Waals surface area contributed by atoms with Crippen molar-refractivity contribution in [2.45, 2.75) is 85.5 Å². The van der Waals surface area contributed by atoms with E-state index < -0.39 is 25.9 Å². The van der Waals surface area contributed by atoms with Gasteiger partial charge in [0.1, 0.15) is 23.0 Å². The van der Waals surface area contributed by atoms with E-state index in [1.54, 1.807) is 90.0 Å². The Kier molecular flexibility index (Phi) is 13.1.